The number of unbranched alkanes of at least 4 members (excludes halogenated alkanes) is 14. The Morgan fingerprint density at radius 1 is 0.857 bits per heavy atom. The molecular weight excluding hydrogens is 442 g/mol. The molecular formula is C29H55NO5. The zero-order valence-electron chi connectivity index (χ0n) is 22.9. The number of rotatable bonds is 23. The summed E-state index contributed by atoms with van der Waals surface area (Å²) in [7, 11) is 0. The van der Waals surface area contributed by atoms with Crippen LogP contribution in [-0.2, 0) is 14.3 Å². The van der Waals surface area contributed by atoms with Crippen molar-refractivity contribution in [1.82, 2.24) is 4.90 Å². The van der Waals surface area contributed by atoms with Gasteiger partial charge in [-0.1, -0.05) is 110 Å². The Labute approximate surface area is 215 Å². The summed E-state index contributed by atoms with van der Waals surface area (Å²) in [4.78, 5) is 25.8. The van der Waals surface area contributed by atoms with Crippen molar-refractivity contribution >= 4 is 11.9 Å². The predicted octanol–water partition coefficient (Wildman–Crippen LogP) is 6.87. The van der Waals surface area contributed by atoms with Gasteiger partial charge in [0, 0.05) is 19.5 Å². The highest BCUT2D eigenvalue weighted by Crippen LogP contribution is 2.23. The number of carboxylic acids is 1. The van der Waals surface area contributed by atoms with Gasteiger partial charge in [0.15, 0.2) is 0 Å². The lowest BCUT2D eigenvalue weighted by molar-refractivity contribution is -0.168. The van der Waals surface area contributed by atoms with E-state index in [1.165, 1.54) is 77.0 Å². The molecule has 206 valence electrons. The molecule has 0 spiro atoms. The molecule has 35 heavy (non-hydrogen) atoms. The van der Waals surface area contributed by atoms with Crippen LogP contribution >= 0.6 is 0 Å². The van der Waals surface area contributed by atoms with E-state index in [1.807, 2.05) is 4.90 Å². The molecule has 0 saturated carbocycles. The van der Waals surface area contributed by atoms with Gasteiger partial charge in [-0.15, -0.1) is 0 Å². The van der Waals surface area contributed by atoms with E-state index in [9.17, 15) is 14.7 Å². The number of carboxylic acid groups (broad SMARTS) is 1. The first-order valence-electron chi connectivity index (χ1n) is 14.8. The van der Waals surface area contributed by atoms with Gasteiger partial charge in [-0.05, 0) is 25.7 Å². The number of ether oxygens (including phenoxy) is 1. The highest BCUT2D eigenvalue weighted by atomic mass is 16.5. The fraction of sp³-hybridized carbons (Fsp3) is 0.931. The third kappa shape index (κ3) is 16.3. The highest BCUT2D eigenvalue weighted by molar-refractivity contribution is 5.77. The largest absolute Gasteiger partial charge is 0.481 e. The number of β-amino-alcohol motifs (C(OH)–C–C–N with tert-alkyl or cyclic N) is 1. The van der Waals surface area contributed by atoms with Crippen LogP contribution < -0.4 is 0 Å². The third-order valence-electron chi connectivity index (χ3n) is 7.28. The van der Waals surface area contributed by atoms with Gasteiger partial charge in [0.2, 0.25) is 0 Å². The number of hydrogen-bond donors (Lipinski definition) is 2. The summed E-state index contributed by atoms with van der Waals surface area (Å²) >= 11 is 0. The third-order valence-corrected chi connectivity index (χ3v) is 7.28. The maximum absolute atomic E-state index is 12.7. The van der Waals surface area contributed by atoms with Crippen molar-refractivity contribution in [3.05, 3.63) is 0 Å². The molecule has 1 heterocycles. The van der Waals surface area contributed by atoms with E-state index < -0.39 is 18.1 Å². The SMILES string of the molecule is CCCCCCCCCCC(O)CN1CC(CCCCCCCCCC)OC(=O)C1CCC(=O)O. The minimum absolute atomic E-state index is 0.0624. The Hall–Kier alpha value is -1.14. The molecule has 0 radical (unpaired) electrons. The Morgan fingerprint density at radius 3 is 1.91 bits per heavy atom. The summed E-state index contributed by atoms with van der Waals surface area (Å²) < 4.78 is 5.70. The van der Waals surface area contributed by atoms with Gasteiger partial charge >= 0.3 is 11.9 Å². The topological polar surface area (TPSA) is 87.1 Å². The monoisotopic (exact) mass is 497 g/mol. The quantitative estimate of drug-likeness (QED) is 0.118. The van der Waals surface area contributed by atoms with Crippen LogP contribution in [0.4, 0.5) is 0 Å². The molecule has 0 bridgehead atoms. The lowest BCUT2D eigenvalue weighted by atomic mass is 10.0. The van der Waals surface area contributed by atoms with Gasteiger partial charge in [-0.25, -0.2) is 0 Å². The van der Waals surface area contributed by atoms with Gasteiger partial charge in [0.05, 0.1) is 6.10 Å². The summed E-state index contributed by atoms with van der Waals surface area (Å²) in [5.41, 5.74) is 0. The van der Waals surface area contributed by atoms with Gasteiger partial charge in [-0.3, -0.25) is 14.5 Å². The number of nitrogens with zero attached hydrogens (tertiary/aromatic N) is 1. The molecule has 0 aliphatic carbocycles. The molecule has 1 saturated heterocycles. The fourth-order valence-electron chi connectivity index (χ4n) is 5.11. The first-order valence-corrected chi connectivity index (χ1v) is 14.8. The van der Waals surface area contributed by atoms with Crippen molar-refractivity contribution in [2.75, 3.05) is 13.1 Å². The Bertz CT molecular complexity index is 539. The van der Waals surface area contributed by atoms with Crippen molar-refractivity contribution in [3.8, 4) is 0 Å². The number of carbonyl (C=O) groups excluding carboxylic acids is 1. The van der Waals surface area contributed by atoms with Crippen LogP contribution in [0.25, 0.3) is 0 Å². The van der Waals surface area contributed by atoms with Gasteiger partial charge in [0.1, 0.15) is 12.1 Å². The highest BCUT2D eigenvalue weighted by Gasteiger charge is 2.37. The van der Waals surface area contributed by atoms with E-state index in [1.54, 1.807) is 0 Å². The Morgan fingerprint density at radius 2 is 1.37 bits per heavy atom. The lowest BCUT2D eigenvalue weighted by Gasteiger charge is -2.39. The van der Waals surface area contributed by atoms with Crippen molar-refractivity contribution in [3.63, 3.8) is 0 Å². The molecule has 3 unspecified atom stereocenters. The van der Waals surface area contributed by atoms with Crippen LogP contribution in [-0.4, -0.2) is 58.4 Å². The smallest absolute Gasteiger partial charge is 0.323 e. The van der Waals surface area contributed by atoms with Gasteiger partial charge in [-0.2, -0.15) is 0 Å². The van der Waals surface area contributed by atoms with Crippen LogP contribution in [0, 0.1) is 0 Å². The first kappa shape index (κ1) is 31.9. The van der Waals surface area contributed by atoms with Crippen LogP contribution in [0.2, 0.25) is 0 Å². The summed E-state index contributed by atoms with van der Waals surface area (Å²) in [6, 6.07) is -0.561. The number of aliphatic hydroxyl groups is 1. The molecule has 1 aliphatic heterocycles. The normalized spacial score (nSPS) is 19.6. The van der Waals surface area contributed by atoms with Crippen LogP contribution in [0.5, 0.6) is 0 Å². The first-order chi connectivity index (χ1) is 17.0. The van der Waals surface area contributed by atoms with Crippen molar-refractivity contribution in [1.29, 1.82) is 0 Å². The van der Waals surface area contributed by atoms with E-state index in [-0.39, 0.29) is 24.9 Å². The summed E-state index contributed by atoms with van der Waals surface area (Å²) in [5, 5.41) is 19.8. The molecule has 0 aromatic rings. The van der Waals surface area contributed by atoms with E-state index in [0.29, 0.717) is 13.1 Å². The number of cyclic esters (lactones) is 1. The molecule has 0 aromatic carbocycles. The predicted molar refractivity (Wildman–Crippen MR) is 143 cm³/mol. The van der Waals surface area contributed by atoms with E-state index >= 15 is 0 Å². The van der Waals surface area contributed by atoms with Crippen LogP contribution in [0.15, 0.2) is 0 Å². The van der Waals surface area contributed by atoms with Crippen molar-refractivity contribution < 1.29 is 24.5 Å². The zero-order chi connectivity index (χ0) is 25.7. The molecule has 1 rings (SSSR count). The van der Waals surface area contributed by atoms with E-state index in [4.69, 9.17) is 9.84 Å². The maximum atomic E-state index is 12.7. The Balaban J connectivity index is 2.39. The Kier molecular flexibility index (Phi) is 19.1. The fourth-order valence-corrected chi connectivity index (χ4v) is 5.11. The molecule has 1 aliphatic rings. The molecule has 0 amide bonds. The number of aliphatic hydroxyl groups excluding tert-OH is 1. The van der Waals surface area contributed by atoms with Crippen molar-refractivity contribution in [2.24, 2.45) is 0 Å². The molecule has 6 heteroatoms. The van der Waals surface area contributed by atoms with Crippen molar-refractivity contribution in [2.45, 2.75) is 161 Å². The average molecular weight is 498 g/mol. The number of carbonyl (C=O) groups is 2. The molecule has 2 N–H and O–H groups in total. The number of hydrogen-bond acceptors (Lipinski definition) is 5. The average Bonchev–Trinajstić information content (AvgIpc) is 2.81. The molecule has 1 fully saturated rings. The second-order valence-corrected chi connectivity index (χ2v) is 10.6. The second-order valence-electron chi connectivity index (χ2n) is 10.6. The second kappa shape index (κ2) is 21.0. The minimum Gasteiger partial charge on any atom is -0.481 e. The zero-order valence-corrected chi connectivity index (χ0v) is 22.9. The lowest BCUT2D eigenvalue weighted by Crippen LogP contribution is -2.54. The summed E-state index contributed by atoms with van der Waals surface area (Å²) in [5.74, 6) is -1.22. The molecule has 6 nitrogen and oxygen atoms in total. The minimum atomic E-state index is -0.904. The molecule has 3 atom stereocenters. The number of morpholine rings is 1. The number of aliphatic carboxylic acids is 1. The van der Waals surface area contributed by atoms with Gasteiger partial charge < -0.3 is 14.9 Å². The standard InChI is InChI=1S/C29H55NO5/c1-3-5-7-9-11-13-15-17-19-25(31)23-30-24-26(20-18-16-14-12-10-8-6-4-2)35-29(34)27(30)21-22-28(32)33/h25-27,31H,3-24H2,1-2H3,(H,32,33). The van der Waals surface area contributed by atoms with E-state index in [2.05, 4.69) is 13.8 Å². The van der Waals surface area contributed by atoms with Crippen LogP contribution in [0.1, 0.15) is 142 Å². The molecule has 0 aromatic heterocycles. The maximum Gasteiger partial charge on any atom is 0.323 e. The van der Waals surface area contributed by atoms with Crippen LogP contribution in [0.3, 0.4) is 0 Å². The van der Waals surface area contributed by atoms with E-state index in [0.717, 1.165) is 38.5 Å². The summed E-state index contributed by atoms with van der Waals surface area (Å²) in [6.45, 7) is 5.48. The summed E-state index contributed by atoms with van der Waals surface area (Å²) in [6.07, 6.45) is 20.9. The number of esters is 1. The van der Waals surface area contributed by atoms with Gasteiger partial charge in [0.25, 0.3) is 0 Å².